The number of nitrogens with zero attached hydrogens (tertiary/aromatic N) is 1. The Balaban J connectivity index is 3.27. The molecule has 1 heteroatoms. The van der Waals surface area contributed by atoms with Gasteiger partial charge < -0.3 is 0 Å². The van der Waals surface area contributed by atoms with Crippen LogP contribution in [0.5, 0.6) is 0 Å². The Morgan fingerprint density at radius 3 is 2.38 bits per heavy atom. The Morgan fingerprint density at radius 2 is 1.85 bits per heavy atom. The van der Waals surface area contributed by atoms with Gasteiger partial charge in [0.05, 0.1) is 6.07 Å². The lowest BCUT2D eigenvalue weighted by Crippen LogP contribution is -1.97. The molecule has 0 amide bonds. The summed E-state index contributed by atoms with van der Waals surface area (Å²) in [6.07, 6.45) is 9.84. The largest absolute Gasteiger partial charge is 0.198 e. The smallest absolute Gasteiger partial charge is 0.0621 e. The molecule has 74 valence electrons. The monoisotopic (exact) mass is 179 g/mol. The molecule has 0 bridgehead atoms. The molecule has 0 saturated carbocycles. The van der Waals surface area contributed by atoms with Crippen molar-refractivity contribution in [2.45, 2.75) is 52.9 Å². The molecule has 0 aliphatic carbocycles. The van der Waals surface area contributed by atoms with E-state index in [1.165, 1.54) is 12.8 Å². The van der Waals surface area contributed by atoms with Gasteiger partial charge in [0.15, 0.2) is 0 Å². The molecule has 0 aliphatic rings. The second kappa shape index (κ2) is 6.71. The van der Waals surface area contributed by atoms with Gasteiger partial charge >= 0.3 is 0 Å². The lowest BCUT2D eigenvalue weighted by molar-refractivity contribution is 0.541. The first-order valence-corrected chi connectivity index (χ1v) is 5.11. The number of hydrogen-bond donors (Lipinski definition) is 0. The van der Waals surface area contributed by atoms with Crippen molar-refractivity contribution in [2.75, 3.05) is 0 Å². The van der Waals surface area contributed by atoms with E-state index < -0.39 is 0 Å². The maximum atomic E-state index is 8.31. The molecule has 0 aromatic rings. The Hall–Kier alpha value is -0.770. The zero-order valence-corrected chi connectivity index (χ0v) is 9.14. The van der Waals surface area contributed by atoms with Crippen molar-refractivity contribution in [3.8, 4) is 6.07 Å². The Bertz CT molecular complexity index is 178. The SMILES string of the molecule is CC(C)(C)C=CCCCCCC#N. The molecule has 0 spiro atoms. The van der Waals surface area contributed by atoms with E-state index in [1.807, 2.05) is 0 Å². The zero-order chi connectivity index (χ0) is 10.2. The first kappa shape index (κ1) is 12.2. The molecular weight excluding hydrogens is 158 g/mol. The predicted molar refractivity (Wildman–Crippen MR) is 57.3 cm³/mol. The van der Waals surface area contributed by atoms with Gasteiger partial charge in [-0.2, -0.15) is 5.26 Å². The average Bonchev–Trinajstić information content (AvgIpc) is 2.01. The summed E-state index contributed by atoms with van der Waals surface area (Å²) in [6, 6.07) is 2.16. The molecule has 0 rings (SSSR count). The summed E-state index contributed by atoms with van der Waals surface area (Å²) in [5.41, 5.74) is 0.312. The minimum absolute atomic E-state index is 0.312. The van der Waals surface area contributed by atoms with Gasteiger partial charge in [-0.05, 0) is 24.7 Å². The molecule has 0 N–H and O–H groups in total. The van der Waals surface area contributed by atoms with E-state index in [0.29, 0.717) is 11.8 Å². The molecule has 1 nitrogen and oxygen atoms in total. The van der Waals surface area contributed by atoms with Crippen molar-refractivity contribution >= 4 is 0 Å². The number of allylic oxidation sites excluding steroid dienone is 2. The molecule has 0 atom stereocenters. The van der Waals surface area contributed by atoms with Gasteiger partial charge in [-0.1, -0.05) is 39.3 Å². The molecule has 0 heterocycles. The number of nitriles is 1. The maximum absolute atomic E-state index is 8.31. The van der Waals surface area contributed by atoms with Crippen molar-refractivity contribution in [1.82, 2.24) is 0 Å². The van der Waals surface area contributed by atoms with Gasteiger partial charge in [0.25, 0.3) is 0 Å². The van der Waals surface area contributed by atoms with Crippen molar-refractivity contribution in [3.05, 3.63) is 12.2 Å². The molecular formula is C12H21N. The second-order valence-corrected chi connectivity index (χ2v) is 4.53. The number of unbranched alkanes of at least 4 members (excludes halogenated alkanes) is 4. The van der Waals surface area contributed by atoms with Gasteiger partial charge in [0, 0.05) is 6.42 Å². The highest BCUT2D eigenvalue weighted by Crippen LogP contribution is 2.15. The van der Waals surface area contributed by atoms with Gasteiger partial charge in [0.2, 0.25) is 0 Å². The summed E-state index contributed by atoms with van der Waals surface area (Å²) in [7, 11) is 0. The van der Waals surface area contributed by atoms with E-state index in [0.717, 1.165) is 12.8 Å². The topological polar surface area (TPSA) is 23.8 Å². The average molecular weight is 179 g/mol. The van der Waals surface area contributed by atoms with Gasteiger partial charge in [-0.3, -0.25) is 0 Å². The quantitative estimate of drug-likeness (QED) is 0.461. The fourth-order valence-corrected chi connectivity index (χ4v) is 1.08. The van der Waals surface area contributed by atoms with Crippen LogP contribution in [-0.2, 0) is 0 Å². The summed E-state index contributed by atoms with van der Waals surface area (Å²) >= 11 is 0. The molecule has 0 aliphatic heterocycles. The van der Waals surface area contributed by atoms with Crippen LogP contribution < -0.4 is 0 Å². The lowest BCUT2D eigenvalue weighted by Gasteiger charge is -2.10. The van der Waals surface area contributed by atoms with Crippen LogP contribution in [0.4, 0.5) is 0 Å². The van der Waals surface area contributed by atoms with E-state index in [4.69, 9.17) is 5.26 Å². The Morgan fingerprint density at radius 1 is 1.15 bits per heavy atom. The highest BCUT2D eigenvalue weighted by molar-refractivity contribution is 4.91. The summed E-state index contributed by atoms with van der Waals surface area (Å²) in [5, 5.41) is 8.31. The first-order valence-electron chi connectivity index (χ1n) is 5.11. The van der Waals surface area contributed by atoms with Gasteiger partial charge in [-0.25, -0.2) is 0 Å². The molecule has 0 aromatic heterocycles. The summed E-state index contributed by atoms with van der Waals surface area (Å²) < 4.78 is 0. The highest BCUT2D eigenvalue weighted by atomic mass is 14.2. The lowest BCUT2D eigenvalue weighted by atomic mass is 9.96. The first-order chi connectivity index (χ1) is 6.06. The third-order valence-electron chi connectivity index (χ3n) is 1.78. The summed E-state index contributed by atoms with van der Waals surface area (Å²) in [5.74, 6) is 0. The standard InChI is InChI=1S/C12H21N/c1-12(2,3)10-8-6-4-5-7-9-11-13/h8,10H,4-7,9H2,1-3H3. The normalized spacial score (nSPS) is 11.8. The van der Waals surface area contributed by atoms with Crippen LogP contribution in [0.15, 0.2) is 12.2 Å². The van der Waals surface area contributed by atoms with Crippen molar-refractivity contribution in [2.24, 2.45) is 5.41 Å². The van der Waals surface area contributed by atoms with Crippen LogP contribution in [0.2, 0.25) is 0 Å². The highest BCUT2D eigenvalue weighted by Gasteiger charge is 2.02. The molecule has 13 heavy (non-hydrogen) atoms. The van der Waals surface area contributed by atoms with Gasteiger partial charge in [0.1, 0.15) is 0 Å². The molecule has 0 radical (unpaired) electrons. The molecule has 0 unspecified atom stereocenters. The molecule has 0 aromatic carbocycles. The Labute approximate surface area is 82.5 Å². The van der Waals surface area contributed by atoms with E-state index in [1.54, 1.807) is 0 Å². The van der Waals surface area contributed by atoms with E-state index in [9.17, 15) is 0 Å². The minimum Gasteiger partial charge on any atom is -0.198 e. The maximum Gasteiger partial charge on any atom is 0.0621 e. The van der Waals surface area contributed by atoms with Crippen LogP contribution in [0.3, 0.4) is 0 Å². The van der Waals surface area contributed by atoms with E-state index in [-0.39, 0.29) is 0 Å². The van der Waals surface area contributed by atoms with Crippen molar-refractivity contribution in [3.63, 3.8) is 0 Å². The van der Waals surface area contributed by atoms with Crippen LogP contribution in [-0.4, -0.2) is 0 Å². The third-order valence-corrected chi connectivity index (χ3v) is 1.78. The zero-order valence-electron chi connectivity index (χ0n) is 9.14. The van der Waals surface area contributed by atoms with Crippen LogP contribution in [0, 0.1) is 16.7 Å². The second-order valence-electron chi connectivity index (χ2n) is 4.53. The molecule has 0 fully saturated rings. The molecule has 0 saturated heterocycles. The van der Waals surface area contributed by atoms with E-state index >= 15 is 0 Å². The van der Waals surface area contributed by atoms with Crippen molar-refractivity contribution in [1.29, 1.82) is 5.26 Å². The fraction of sp³-hybridized carbons (Fsp3) is 0.750. The number of rotatable bonds is 5. The van der Waals surface area contributed by atoms with Crippen molar-refractivity contribution < 1.29 is 0 Å². The van der Waals surface area contributed by atoms with Crippen LogP contribution >= 0.6 is 0 Å². The Kier molecular flexibility index (Phi) is 6.32. The number of hydrogen-bond acceptors (Lipinski definition) is 1. The minimum atomic E-state index is 0.312. The fourth-order valence-electron chi connectivity index (χ4n) is 1.08. The van der Waals surface area contributed by atoms with Crippen LogP contribution in [0.25, 0.3) is 0 Å². The van der Waals surface area contributed by atoms with Crippen LogP contribution in [0.1, 0.15) is 52.9 Å². The van der Waals surface area contributed by atoms with Gasteiger partial charge in [-0.15, -0.1) is 0 Å². The summed E-state index contributed by atoms with van der Waals surface area (Å²) in [6.45, 7) is 6.62. The third kappa shape index (κ3) is 11.2. The predicted octanol–water partition coefficient (Wildman–Crippen LogP) is 4.06. The summed E-state index contributed by atoms with van der Waals surface area (Å²) in [4.78, 5) is 0. The van der Waals surface area contributed by atoms with E-state index in [2.05, 4.69) is 39.0 Å².